The van der Waals surface area contributed by atoms with Gasteiger partial charge in [0, 0.05) is 35.1 Å². The smallest absolute Gasteiger partial charge is 0.339 e. The minimum absolute atomic E-state index is 0.244. The van der Waals surface area contributed by atoms with E-state index in [1.54, 1.807) is 41.1 Å². The number of benzene rings is 1. The molecule has 0 unspecified atom stereocenters. The van der Waals surface area contributed by atoms with Gasteiger partial charge in [0.25, 0.3) is 0 Å². The standard InChI is InChI=1S/C20H15ClF3N3O/c1-11-17-15(6-5-13-18(17)12(21)10-16(28)26-13)27(9-7-20(22,23)24)19(11)14-4-2-3-8-25-14/h2-6,8,10H,7,9H2,1H3,(H,26,28). The van der Waals surface area contributed by atoms with Crippen LogP contribution in [0.1, 0.15) is 12.0 Å². The first-order valence-corrected chi connectivity index (χ1v) is 8.96. The summed E-state index contributed by atoms with van der Waals surface area (Å²) in [5, 5.41) is 1.58. The molecule has 0 aliphatic rings. The summed E-state index contributed by atoms with van der Waals surface area (Å²) < 4.78 is 40.5. The molecule has 0 saturated carbocycles. The summed E-state index contributed by atoms with van der Waals surface area (Å²) in [6, 6.07) is 9.94. The molecule has 28 heavy (non-hydrogen) atoms. The molecule has 144 valence electrons. The number of fused-ring (bicyclic) bond motifs is 3. The number of aromatic nitrogens is 3. The minimum Gasteiger partial charge on any atom is -0.339 e. The number of nitrogens with zero attached hydrogens (tertiary/aromatic N) is 2. The van der Waals surface area contributed by atoms with Crippen molar-refractivity contribution in [3.05, 3.63) is 63.5 Å². The number of halogens is 4. The van der Waals surface area contributed by atoms with Crippen LogP contribution in [0.5, 0.6) is 0 Å². The van der Waals surface area contributed by atoms with Crippen molar-refractivity contribution in [2.75, 3.05) is 0 Å². The lowest BCUT2D eigenvalue weighted by molar-refractivity contribution is -0.136. The molecule has 0 bridgehead atoms. The van der Waals surface area contributed by atoms with Crippen LogP contribution in [0.25, 0.3) is 33.2 Å². The number of pyridine rings is 2. The van der Waals surface area contributed by atoms with E-state index in [1.165, 1.54) is 6.07 Å². The van der Waals surface area contributed by atoms with Crippen LogP contribution in [0.4, 0.5) is 13.2 Å². The van der Waals surface area contributed by atoms with Crippen LogP contribution in [-0.4, -0.2) is 20.7 Å². The fraction of sp³-hybridized carbons (Fsp3) is 0.200. The molecule has 4 rings (SSSR count). The summed E-state index contributed by atoms with van der Waals surface area (Å²) >= 11 is 6.35. The number of aryl methyl sites for hydroxylation is 2. The Balaban J connectivity index is 2.09. The highest BCUT2D eigenvalue weighted by Crippen LogP contribution is 2.39. The molecule has 0 fully saturated rings. The number of alkyl halides is 3. The van der Waals surface area contributed by atoms with Gasteiger partial charge in [-0.1, -0.05) is 17.7 Å². The van der Waals surface area contributed by atoms with Gasteiger partial charge in [-0.15, -0.1) is 0 Å². The maximum atomic E-state index is 13.0. The molecule has 1 N–H and O–H groups in total. The summed E-state index contributed by atoms with van der Waals surface area (Å²) in [6.07, 6.45) is -3.65. The molecule has 0 saturated heterocycles. The lowest BCUT2D eigenvalue weighted by atomic mass is 10.1. The van der Waals surface area contributed by atoms with Gasteiger partial charge in [-0.2, -0.15) is 13.2 Å². The second-order valence-corrected chi connectivity index (χ2v) is 6.98. The van der Waals surface area contributed by atoms with Gasteiger partial charge in [0.05, 0.1) is 28.3 Å². The Labute approximate surface area is 162 Å². The molecule has 4 aromatic rings. The van der Waals surface area contributed by atoms with Gasteiger partial charge < -0.3 is 9.55 Å². The third-order valence-corrected chi connectivity index (χ3v) is 5.05. The second-order valence-electron chi connectivity index (χ2n) is 6.57. The summed E-state index contributed by atoms with van der Waals surface area (Å²) in [4.78, 5) is 18.8. The van der Waals surface area contributed by atoms with E-state index >= 15 is 0 Å². The van der Waals surface area contributed by atoms with Crippen molar-refractivity contribution in [3.63, 3.8) is 0 Å². The first-order chi connectivity index (χ1) is 13.3. The van der Waals surface area contributed by atoms with Crippen LogP contribution in [0.15, 0.2) is 47.4 Å². The van der Waals surface area contributed by atoms with Gasteiger partial charge in [-0.25, -0.2) is 0 Å². The van der Waals surface area contributed by atoms with Gasteiger partial charge >= 0.3 is 6.18 Å². The zero-order valence-electron chi connectivity index (χ0n) is 14.8. The van der Waals surface area contributed by atoms with E-state index in [2.05, 4.69) is 9.97 Å². The normalized spacial score (nSPS) is 12.2. The van der Waals surface area contributed by atoms with Crippen LogP contribution >= 0.6 is 11.6 Å². The maximum Gasteiger partial charge on any atom is 0.390 e. The van der Waals surface area contributed by atoms with Crippen LogP contribution in [-0.2, 0) is 6.54 Å². The molecule has 8 heteroatoms. The highest BCUT2D eigenvalue weighted by molar-refractivity contribution is 6.37. The Bertz CT molecular complexity index is 1240. The average molecular weight is 406 g/mol. The van der Waals surface area contributed by atoms with Crippen LogP contribution < -0.4 is 5.56 Å². The summed E-state index contributed by atoms with van der Waals surface area (Å²) in [5.41, 5.74) is 2.76. The van der Waals surface area contributed by atoms with Gasteiger partial charge in [0.15, 0.2) is 0 Å². The lowest BCUT2D eigenvalue weighted by Crippen LogP contribution is -2.13. The Kier molecular flexibility index (Phi) is 4.42. The first kappa shape index (κ1) is 18.6. The first-order valence-electron chi connectivity index (χ1n) is 8.59. The average Bonchev–Trinajstić information content (AvgIpc) is 2.91. The van der Waals surface area contributed by atoms with E-state index in [9.17, 15) is 18.0 Å². The lowest BCUT2D eigenvalue weighted by Gasteiger charge is -2.13. The topological polar surface area (TPSA) is 50.7 Å². The van der Waals surface area contributed by atoms with E-state index in [0.717, 1.165) is 5.56 Å². The summed E-state index contributed by atoms with van der Waals surface area (Å²) in [5.74, 6) is 0. The molecule has 3 aromatic heterocycles. The Hall–Kier alpha value is -2.80. The van der Waals surface area contributed by atoms with Crippen LogP contribution in [0.3, 0.4) is 0 Å². The largest absolute Gasteiger partial charge is 0.390 e. The third kappa shape index (κ3) is 3.16. The molecule has 0 atom stereocenters. The predicted octanol–water partition coefficient (Wildman–Crippen LogP) is 5.46. The number of aromatic amines is 1. The Morgan fingerprint density at radius 1 is 1.18 bits per heavy atom. The van der Waals surface area contributed by atoms with Crippen LogP contribution in [0, 0.1) is 6.92 Å². The number of rotatable bonds is 3. The number of nitrogens with one attached hydrogen (secondary N) is 1. The van der Waals surface area contributed by atoms with Crippen molar-refractivity contribution < 1.29 is 13.2 Å². The molecule has 3 heterocycles. The molecule has 4 nitrogen and oxygen atoms in total. The van der Waals surface area contributed by atoms with Crippen molar-refractivity contribution in [2.45, 2.75) is 26.1 Å². The number of hydrogen-bond acceptors (Lipinski definition) is 2. The zero-order valence-corrected chi connectivity index (χ0v) is 15.5. The quantitative estimate of drug-likeness (QED) is 0.492. The molecule has 0 aliphatic heterocycles. The van der Waals surface area contributed by atoms with E-state index in [0.29, 0.717) is 33.2 Å². The van der Waals surface area contributed by atoms with Gasteiger partial charge in [-0.3, -0.25) is 9.78 Å². The molecular weight excluding hydrogens is 391 g/mol. The second kappa shape index (κ2) is 6.67. The van der Waals surface area contributed by atoms with Gasteiger partial charge in [0.1, 0.15) is 0 Å². The third-order valence-electron chi connectivity index (χ3n) is 4.76. The van der Waals surface area contributed by atoms with E-state index in [4.69, 9.17) is 11.6 Å². The highest BCUT2D eigenvalue weighted by atomic mass is 35.5. The highest BCUT2D eigenvalue weighted by Gasteiger charge is 2.28. The molecular formula is C20H15ClF3N3O. The van der Waals surface area contributed by atoms with Crippen molar-refractivity contribution in [2.24, 2.45) is 0 Å². The molecule has 1 aromatic carbocycles. The van der Waals surface area contributed by atoms with Gasteiger partial charge in [-0.05, 0) is 36.8 Å². The minimum atomic E-state index is -4.29. The summed E-state index contributed by atoms with van der Waals surface area (Å²) in [7, 11) is 0. The Morgan fingerprint density at radius 3 is 2.64 bits per heavy atom. The molecule has 0 spiro atoms. The van der Waals surface area contributed by atoms with Gasteiger partial charge in [0.2, 0.25) is 5.56 Å². The SMILES string of the molecule is Cc1c(-c2ccccn2)n(CCC(F)(F)F)c2ccc3[nH]c(=O)cc(Cl)c3c12. The molecule has 0 aliphatic carbocycles. The van der Waals surface area contributed by atoms with Crippen molar-refractivity contribution in [1.82, 2.24) is 14.5 Å². The maximum absolute atomic E-state index is 13.0. The van der Waals surface area contributed by atoms with Crippen molar-refractivity contribution >= 4 is 33.4 Å². The van der Waals surface area contributed by atoms with Crippen LogP contribution in [0.2, 0.25) is 5.02 Å². The predicted molar refractivity (Wildman–Crippen MR) is 104 cm³/mol. The van der Waals surface area contributed by atoms with Crippen molar-refractivity contribution in [1.29, 1.82) is 0 Å². The zero-order chi connectivity index (χ0) is 20.1. The van der Waals surface area contributed by atoms with E-state index < -0.39 is 12.6 Å². The fourth-order valence-corrected chi connectivity index (χ4v) is 3.95. The number of H-pyrrole nitrogens is 1. The number of hydrogen-bond donors (Lipinski definition) is 1. The molecule has 0 radical (unpaired) electrons. The van der Waals surface area contributed by atoms with E-state index in [-0.39, 0.29) is 17.1 Å². The van der Waals surface area contributed by atoms with Crippen molar-refractivity contribution in [3.8, 4) is 11.4 Å². The monoisotopic (exact) mass is 405 g/mol. The Morgan fingerprint density at radius 2 is 1.96 bits per heavy atom. The summed E-state index contributed by atoms with van der Waals surface area (Å²) in [6.45, 7) is 1.59. The van der Waals surface area contributed by atoms with E-state index in [1.807, 2.05) is 6.92 Å². The fourth-order valence-electron chi connectivity index (χ4n) is 3.65. The molecule has 0 amide bonds.